The molecule has 1 atom stereocenters. The van der Waals surface area contributed by atoms with Gasteiger partial charge in [0.2, 0.25) is 6.79 Å². The van der Waals surface area contributed by atoms with Gasteiger partial charge in [-0.05, 0) is 100 Å². The molecule has 0 radical (unpaired) electrons. The molecule has 0 aliphatic carbocycles. The highest BCUT2D eigenvalue weighted by Crippen LogP contribution is 2.38. The van der Waals surface area contributed by atoms with Gasteiger partial charge in [0.05, 0.1) is 28.5 Å². The van der Waals surface area contributed by atoms with E-state index in [4.69, 9.17) is 19.2 Å². The lowest BCUT2D eigenvalue weighted by molar-refractivity contribution is -0.139. The number of rotatable bonds is 5. The molecule has 0 N–H and O–H groups in total. The lowest BCUT2D eigenvalue weighted by Crippen LogP contribution is -2.39. The Balaban J connectivity index is 1.52. The molecule has 8 nitrogen and oxygen atoms in total. The number of carbonyl (C=O) groups excluding carboxylic acids is 1. The van der Waals surface area contributed by atoms with Crippen LogP contribution in [0.15, 0.2) is 63.5 Å². The smallest absolute Gasteiger partial charge is 0.338 e. The van der Waals surface area contributed by atoms with E-state index in [1.54, 1.807) is 24.5 Å². The highest BCUT2D eigenvalue weighted by Gasteiger charge is 2.34. The molecule has 2 aromatic carbocycles. The molecule has 0 saturated heterocycles. The number of hydrogen-bond donors (Lipinski definition) is 0. The van der Waals surface area contributed by atoms with E-state index in [0.29, 0.717) is 37.7 Å². The summed E-state index contributed by atoms with van der Waals surface area (Å²) in [5.74, 6) is 0.697. The zero-order valence-electron chi connectivity index (χ0n) is 23.9. The van der Waals surface area contributed by atoms with Crippen LogP contribution >= 0.6 is 11.3 Å². The van der Waals surface area contributed by atoms with Crippen molar-refractivity contribution in [2.45, 2.75) is 47.6 Å². The third kappa shape index (κ3) is 4.50. The topological polar surface area (TPSA) is 84.1 Å². The van der Waals surface area contributed by atoms with Crippen molar-refractivity contribution < 1.29 is 19.0 Å². The number of hydrogen-bond acceptors (Lipinski definition) is 7. The van der Waals surface area contributed by atoms with E-state index in [1.807, 2.05) is 18.2 Å². The van der Waals surface area contributed by atoms with E-state index in [1.165, 1.54) is 22.5 Å². The first-order valence-corrected chi connectivity index (χ1v) is 14.4. The number of ether oxygens (including phenoxy) is 3. The average molecular weight is 570 g/mol. The predicted molar refractivity (Wildman–Crippen MR) is 158 cm³/mol. The van der Waals surface area contributed by atoms with E-state index in [2.05, 4.69) is 56.5 Å². The summed E-state index contributed by atoms with van der Waals surface area (Å²) in [6.45, 7) is 12.2. The third-order valence-corrected chi connectivity index (χ3v) is 8.72. The normalized spacial score (nSPS) is 16.1. The minimum absolute atomic E-state index is 0.127. The molecule has 41 heavy (non-hydrogen) atoms. The number of thiazole rings is 1. The van der Waals surface area contributed by atoms with Gasteiger partial charge < -0.3 is 18.8 Å². The fraction of sp³-hybridized carbons (Fsp3) is 0.281. The molecule has 0 saturated carbocycles. The number of carbonyl (C=O) groups is 1. The minimum atomic E-state index is -0.718. The summed E-state index contributed by atoms with van der Waals surface area (Å²) in [6, 6.07) is 13.3. The maximum atomic E-state index is 14.1. The maximum Gasteiger partial charge on any atom is 0.338 e. The second-order valence-electron chi connectivity index (χ2n) is 10.3. The molecule has 0 fully saturated rings. The van der Waals surface area contributed by atoms with Crippen LogP contribution in [0, 0.1) is 27.7 Å². The van der Waals surface area contributed by atoms with Crippen LogP contribution in [-0.2, 0) is 9.53 Å². The van der Waals surface area contributed by atoms with Gasteiger partial charge in [-0.3, -0.25) is 9.36 Å². The second kappa shape index (κ2) is 10.2. The molecule has 9 heteroatoms. The molecule has 4 heterocycles. The maximum absolute atomic E-state index is 14.1. The van der Waals surface area contributed by atoms with Crippen molar-refractivity contribution in [3.63, 3.8) is 0 Å². The van der Waals surface area contributed by atoms with E-state index in [0.717, 1.165) is 22.6 Å². The van der Waals surface area contributed by atoms with Crippen LogP contribution in [-0.4, -0.2) is 28.5 Å². The van der Waals surface area contributed by atoms with Gasteiger partial charge in [0.15, 0.2) is 16.3 Å². The summed E-state index contributed by atoms with van der Waals surface area (Å²) >= 11 is 1.31. The highest BCUT2D eigenvalue weighted by atomic mass is 32.1. The first kappa shape index (κ1) is 26.8. The molecular formula is C32H31N3O5S. The second-order valence-corrected chi connectivity index (χ2v) is 11.4. The van der Waals surface area contributed by atoms with Crippen LogP contribution < -0.4 is 24.4 Å². The van der Waals surface area contributed by atoms with E-state index < -0.39 is 12.0 Å². The largest absolute Gasteiger partial charge is 0.463 e. The molecule has 2 aliphatic heterocycles. The van der Waals surface area contributed by atoms with Gasteiger partial charge in [0.25, 0.3) is 5.56 Å². The van der Waals surface area contributed by atoms with Crippen LogP contribution in [0.2, 0.25) is 0 Å². The summed E-state index contributed by atoms with van der Waals surface area (Å²) in [4.78, 5) is 32.5. The van der Waals surface area contributed by atoms with E-state index >= 15 is 0 Å². The quantitative estimate of drug-likeness (QED) is 0.329. The van der Waals surface area contributed by atoms with Crippen LogP contribution in [0.1, 0.15) is 53.5 Å². The summed E-state index contributed by atoms with van der Waals surface area (Å²) in [7, 11) is 0. The minimum Gasteiger partial charge on any atom is -0.463 e. The van der Waals surface area contributed by atoms with E-state index in [9.17, 15) is 9.59 Å². The van der Waals surface area contributed by atoms with Gasteiger partial charge in [0, 0.05) is 17.1 Å². The molecule has 210 valence electrons. The highest BCUT2D eigenvalue weighted by molar-refractivity contribution is 7.07. The molecular weight excluding hydrogens is 538 g/mol. The summed E-state index contributed by atoms with van der Waals surface area (Å²) in [5.41, 5.74) is 7.95. The number of allylic oxidation sites excluding steroid dienone is 1. The van der Waals surface area contributed by atoms with Crippen LogP contribution in [0.5, 0.6) is 11.5 Å². The lowest BCUT2D eigenvalue weighted by Gasteiger charge is -2.24. The number of aromatic nitrogens is 2. The Labute approximate surface area is 241 Å². The van der Waals surface area contributed by atoms with Gasteiger partial charge in [-0.25, -0.2) is 9.79 Å². The number of benzene rings is 2. The molecule has 0 unspecified atom stereocenters. The molecule has 6 rings (SSSR count). The van der Waals surface area contributed by atoms with E-state index in [-0.39, 0.29) is 19.0 Å². The fourth-order valence-corrected chi connectivity index (χ4v) is 6.56. The molecule has 0 bridgehead atoms. The number of nitrogens with zero attached hydrogens (tertiary/aromatic N) is 3. The van der Waals surface area contributed by atoms with Crippen molar-refractivity contribution in [3.05, 3.63) is 107 Å². The van der Waals surface area contributed by atoms with Crippen molar-refractivity contribution in [2.24, 2.45) is 4.99 Å². The fourth-order valence-electron chi connectivity index (χ4n) is 5.53. The zero-order valence-corrected chi connectivity index (χ0v) is 24.7. The van der Waals surface area contributed by atoms with Gasteiger partial charge in [-0.2, -0.15) is 0 Å². The zero-order chi connectivity index (χ0) is 29.0. The Morgan fingerprint density at radius 3 is 2.59 bits per heavy atom. The standard InChI is InChI=1S/C32H31N3O5S/c1-7-38-31(37)28-20(5)33-32-35(29(28)22-9-11-25-26(14-22)40-16-39-25)30(36)27(41-32)15-23-13-19(4)34(21(23)6)24-10-8-17(2)18(3)12-24/h8-15,29H,7,16H2,1-6H3/b27-15+/t29-/m0/s1. The van der Waals surface area contributed by atoms with Gasteiger partial charge >= 0.3 is 5.97 Å². The molecule has 2 aromatic heterocycles. The Kier molecular flexibility index (Phi) is 6.69. The van der Waals surface area contributed by atoms with Crippen molar-refractivity contribution in [3.8, 4) is 17.2 Å². The SMILES string of the molecule is CCOC(=O)C1=C(C)N=c2s/c(=C/c3cc(C)n(-c4ccc(C)c(C)c4)c3C)c(=O)n2[C@H]1c1ccc2c(c1)OCO2. The third-order valence-electron chi connectivity index (χ3n) is 7.73. The Bertz CT molecular complexity index is 1940. The number of aryl methyl sites for hydroxylation is 3. The lowest BCUT2D eigenvalue weighted by atomic mass is 9.95. The van der Waals surface area contributed by atoms with Crippen LogP contribution in [0.3, 0.4) is 0 Å². The average Bonchev–Trinajstić information content (AvgIpc) is 3.60. The molecule has 0 spiro atoms. The van der Waals surface area contributed by atoms with Crippen molar-refractivity contribution in [1.82, 2.24) is 9.13 Å². The summed E-state index contributed by atoms with van der Waals surface area (Å²) < 4.78 is 20.8. The predicted octanol–water partition coefficient (Wildman–Crippen LogP) is 4.55. The molecule has 0 amide bonds. The Hall–Kier alpha value is -4.37. The van der Waals surface area contributed by atoms with Crippen molar-refractivity contribution >= 4 is 23.4 Å². The first-order chi connectivity index (χ1) is 19.7. The monoisotopic (exact) mass is 569 g/mol. The summed E-state index contributed by atoms with van der Waals surface area (Å²) in [6.07, 6.45) is 1.92. The summed E-state index contributed by atoms with van der Waals surface area (Å²) in [5, 5.41) is 0. The van der Waals surface area contributed by atoms with Crippen molar-refractivity contribution in [1.29, 1.82) is 0 Å². The molecule has 2 aliphatic rings. The van der Waals surface area contributed by atoms with Crippen LogP contribution in [0.25, 0.3) is 11.8 Å². The first-order valence-electron chi connectivity index (χ1n) is 13.5. The van der Waals surface area contributed by atoms with Gasteiger partial charge in [0.1, 0.15) is 0 Å². The number of esters is 1. The molecule has 4 aromatic rings. The Morgan fingerprint density at radius 1 is 1.05 bits per heavy atom. The van der Waals surface area contributed by atoms with Crippen molar-refractivity contribution in [2.75, 3.05) is 13.4 Å². The van der Waals surface area contributed by atoms with Gasteiger partial charge in [-0.1, -0.05) is 23.5 Å². The number of fused-ring (bicyclic) bond motifs is 2. The van der Waals surface area contributed by atoms with Crippen LogP contribution in [0.4, 0.5) is 0 Å². The van der Waals surface area contributed by atoms with Gasteiger partial charge in [-0.15, -0.1) is 0 Å². The Morgan fingerprint density at radius 2 is 1.83 bits per heavy atom.